The maximum absolute atomic E-state index is 6.03. The van der Waals surface area contributed by atoms with Crippen LogP contribution in [0.15, 0.2) is 34.8 Å². The summed E-state index contributed by atoms with van der Waals surface area (Å²) in [5.74, 6) is 1.63. The Bertz CT molecular complexity index is 893. The van der Waals surface area contributed by atoms with Crippen molar-refractivity contribution in [1.82, 2.24) is 20.6 Å². The number of rotatable bonds is 7. The Morgan fingerprint density at radius 3 is 2.69 bits per heavy atom. The number of tetrazole rings is 1. The summed E-state index contributed by atoms with van der Waals surface area (Å²) in [6.45, 7) is 0.823. The van der Waals surface area contributed by atoms with Crippen LogP contribution in [0.2, 0.25) is 10.0 Å². The van der Waals surface area contributed by atoms with E-state index in [0.717, 1.165) is 15.6 Å². The van der Waals surface area contributed by atoms with Crippen LogP contribution in [0.3, 0.4) is 0 Å². The lowest BCUT2D eigenvalue weighted by molar-refractivity contribution is 0.284. The van der Waals surface area contributed by atoms with Crippen molar-refractivity contribution in [2.24, 2.45) is 0 Å². The third-order valence-corrected chi connectivity index (χ3v) is 4.97. The second kappa shape index (κ2) is 8.57. The minimum atomic E-state index is 0.333. The highest BCUT2D eigenvalue weighted by atomic mass is 79.9. The Labute approximate surface area is 168 Å². The van der Waals surface area contributed by atoms with E-state index in [-0.39, 0.29) is 0 Å². The number of H-pyrrole nitrogens is 1. The van der Waals surface area contributed by atoms with Gasteiger partial charge in [-0.2, -0.15) is 5.21 Å². The lowest BCUT2D eigenvalue weighted by Crippen LogP contribution is -2.04. The van der Waals surface area contributed by atoms with Gasteiger partial charge in [0.1, 0.15) is 6.61 Å². The van der Waals surface area contributed by atoms with Crippen molar-refractivity contribution in [1.29, 1.82) is 0 Å². The second-order valence-electron chi connectivity index (χ2n) is 5.22. The van der Waals surface area contributed by atoms with Crippen molar-refractivity contribution in [3.8, 4) is 11.5 Å². The molecule has 1 aromatic heterocycles. The van der Waals surface area contributed by atoms with Gasteiger partial charge in [-0.15, -0.1) is 5.10 Å². The van der Waals surface area contributed by atoms with Gasteiger partial charge in [0.2, 0.25) is 0 Å². The maximum atomic E-state index is 6.03. The predicted molar refractivity (Wildman–Crippen MR) is 103 cm³/mol. The summed E-state index contributed by atoms with van der Waals surface area (Å²) < 4.78 is 12.2. The number of aromatic nitrogens is 4. The normalized spacial score (nSPS) is 10.6. The molecule has 3 aromatic rings. The molecule has 0 aliphatic rings. The number of ether oxygens (including phenoxy) is 2. The summed E-state index contributed by atoms with van der Waals surface area (Å²) in [6.07, 6.45) is 0. The van der Waals surface area contributed by atoms with E-state index in [1.807, 2.05) is 18.2 Å². The lowest BCUT2D eigenvalue weighted by atomic mass is 10.2. The smallest absolute Gasteiger partial charge is 0.263 e. The highest BCUT2D eigenvalue weighted by Crippen LogP contribution is 2.34. The fourth-order valence-corrected chi connectivity index (χ4v) is 2.97. The van der Waals surface area contributed by atoms with E-state index >= 15 is 0 Å². The fraction of sp³-hybridized carbons (Fsp3) is 0.188. The largest absolute Gasteiger partial charge is 0.493 e. The summed E-state index contributed by atoms with van der Waals surface area (Å²) >= 11 is 15.5. The molecule has 2 N–H and O–H groups in total. The Balaban J connectivity index is 1.72. The zero-order valence-electron chi connectivity index (χ0n) is 13.6. The van der Waals surface area contributed by atoms with E-state index in [1.165, 1.54) is 0 Å². The van der Waals surface area contributed by atoms with Crippen LogP contribution in [0.1, 0.15) is 11.1 Å². The molecule has 10 heteroatoms. The molecule has 0 aliphatic carbocycles. The molecule has 0 saturated heterocycles. The maximum Gasteiger partial charge on any atom is 0.263 e. The monoisotopic (exact) mass is 457 g/mol. The Morgan fingerprint density at radius 1 is 1.15 bits per heavy atom. The number of methoxy groups -OCH3 is 1. The quantitative estimate of drug-likeness (QED) is 0.543. The van der Waals surface area contributed by atoms with Gasteiger partial charge in [0.05, 0.1) is 17.2 Å². The zero-order valence-corrected chi connectivity index (χ0v) is 16.7. The van der Waals surface area contributed by atoms with Crippen molar-refractivity contribution in [2.45, 2.75) is 13.2 Å². The number of aromatic amines is 1. The van der Waals surface area contributed by atoms with Gasteiger partial charge in [-0.3, -0.25) is 0 Å². The summed E-state index contributed by atoms with van der Waals surface area (Å²) in [5.41, 5.74) is 1.86. The third-order valence-electron chi connectivity index (χ3n) is 3.49. The molecule has 136 valence electrons. The summed E-state index contributed by atoms with van der Waals surface area (Å²) in [6, 6.07) is 9.10. The average Bonchev–Trinajstić information content (AvgIpc) is 3.15. The van der Waals surface area contributed by atoms with Crippen LogP contribution in [-0.2, 0) is 13.2 Å². The van der Waals surface area contributed by atoms with Gasteiger partial charge in [-0.05, 0) is 40.6 Å². The number of nitrogens with one attached hydrogen (secondary N) is 2. The number of hydrogen-bond acceptors (Lipinski definition) is 6. The van der Waals surface area contributed by atoms with Crippen LogP contribution in [0.4, 0.5) is 5.95 Å². The van der Waals surface area contributed by atoms with Crippen LogP contribution >= 0.6 is 39.1 Å². The molecular formula is C16H14BrCl2N5O2. The van der Waals surface area contributed by atoms with Crippen molar-refractivity contribution in [2.75, 3.05) is 12.4 Å². The molecule has 0 bridgehead atoms. The third kappa shape index (κ3) is 4.57. The van der Waals surface area contributed by atoms with E-state index in [9.17, 15) is 0 Å². The zero-order chi connectivity index (χ0) is 18.5. The molecule has 0 amide bonds. The Hall–Kier alpha value is -2.03. The first-order valence-corrected chi connectivity index (χ1v) is 9.02. The first-order chi connectivity index (χ1) is 12.6. The van der Waals surface area contributed by atoms with E-state index in [1.54, 1.807) is 19.2 Å². The van der Waals surface area contributed by atoms with E-state index in [4.69, 9.17) is 32.7 Å². The van der Waals surface area contributed by atoms with Crippen molar-refractivity contribution >= 4 is 45.1 Å². The first kappa shape index (κ1) is 18.8. The molecule has 0 radical (unpaired) electrons. The van der Waals surface area contributed by atoms with Gasteiger partial charge in [-0.1, -0.05) is 50.3 Å². The topological polar surface area (TPSA) is 85.0 Å². The van der Waals surface area contributed by atoms with Gasteiger partial charge in [0, 0.05) is 11.0 Å². The van der Waals surface area contributed by atoms with Crippen LogP contribution < -0.4 is 14.8 Å². The summed E-state index contributed by atoms with van der Waals surface area (Å²) in [7, 11) is 1.59. The van der Waals surface area contributed by atoms with Gasteiger partial charge >= 0.3 is 0 Å². The van der Waals surface area contributed by atoms with E-state index < -0.39 is 0 Å². The van der Waals surface area contributed by atoms with Crippen molar-refractivity contribution in [3.05, 3.63) is 56.0 Å². The Morgan fingerprint density at radius 2 is 2.00 bits per heavy atom. The molecule has 1 heterocycles. The molecule has 0 aliphatic heterocycles. The standard InChI is InChI=1S/C16H14BrCl2N5O2/c1-25-14-5-10(7-20-16-21-23-24-22-16)11(17)6-15(14)26-8-9-2-3-12(18)13(19)4-9/h2-6H,7-8H2,1H3,(H2,20,21,22,23,24). The van der Waals surface area contributed by atoms with E-state index in [0.29, 0.717) is 40.6 Å². The molecule has 0 spiro atoms. The number of anilines is 1. The fourth-order valence-electron chi connectivity index (χ4n) is 2.19. The molecule has 0 unspecified atom stereocenters. The minimum absolute atomic E-state index is 0.333. The van der Waals surface area contributed by atoms with Crippen LogP contribution in [0.25, 0.3) is 0 Å². The molecule has 2 aromatic carbocycles. The molecule has 0 saturated carbocycles. The number of benzene rings is 2. The lowest BCUT2D eigenvalue weighted by Gasteiger charge is -2.14. The van der Waals surface area contributed by atoms with Crippen LogP contribution in [-0.4, -0.2) is 27.7 Å². The summed E-state index contributed by atoms with van der Waals surface area (Å²) in [4.78, 5) is 0. The molecule has 3 rings (SSSR count). The molecule has 26 heavy (non-hydrogen) atoms. The van der Waals surface area contributed by atoms with Gasteiger partial charge < -0.3 is 14.8 Å². The highest BCUT2D eigenvalue weighted by molar-refractivity contribution is 9.10. The first-order valence-electron chi connectivity index (χ1n) is 7.47. The molecule has 0 atom stereocenters. The number of hydrogen-bond donors (Lipinski definition) is 2. The van der Waals surface area contributed by atoms with Gasteiger partial charge in [-0.25, -0.2) is 0 Å². The number of nitrogens with zero attached hydrogens (tertiary/aromatic N) is 3. The SMILES string of the molecule is COc1cc(CNc2nn[nH]n2)c(Br)cc1OCc1ccc(Cl)c(Cl)c1. The Kier molecular flexibility index (Phi) is 6.18. The number of halogens is 3. The second-order valence-corrected chi connectivity index (χ2v) is 6.89. The van der Waals surface area contributed by atoms with Crippen molar-refractivity contribution < 1.29 is 9.47 Å². The average molecular weight is 459 g/mol. The highest BCUT2D eigenvalue weighted by Gasteiger charge is 2.12. The van der Waals surface area contributed by atoms with E-state index in [2.05, 4.69) is 41.9 Å². The molecular weight excluding hydrogens is 445 g/mol. The van der Waals surface area contributed by atoms with Gasteiger partial charge in [0.25, 0.3) is 5.95 Å². The molecule has 7 nitrogen and oxygen atoms in total. The van der Waals surface area contributed by atoms with Gasteiger partial charge in [0.15, 0.2) is 11.5 Å². The summed E-state index contributed by atoms with van der Waals surface area (Å²) in [5, 5.41) is 17.6. The van der Waals surface area contributed by atoms with Crippen LogP contribution in [0.5, 0.6) is 11.5 Å². The molecule has 0 fully saturated rings. The minimum Gasteiger partial charge on any atom is -0.493 e. The van der Waals surface area contributed by atoms with Crippen LogP contribution in [0, 0.1) is 0 Å². The van der Waals surface area contributed by atoms with Crippen molar-refractivity contribution in [3.63, 3.8) is 0 Å². The predicted octanol–water partition coefficient (Wildman–Crippen LogP) is 4.47.